The summed E-state index contributed by atoms with van der Waals surface area (Å²) in [6.45, 7) is 2.17. The topological polar surface area (TPSA) is 9.23 Å². The maximum Gasteiger partial charge on any atom is 0.0461 e. The molecule has 0 aliphatic carbocycles. The zero-order chi connectivity index (χ0) is 16.6. The van der Waals surface area contributed by atoms with Crippen LogP contribution in [0.3, 0.4) is 0 Å². The van der Waals surface area contributed by atoms with E-state index in [0.29, 0.717) is 0 Å². The van der Waals surface area contributed by atoms with E-state index in [1.165, 1.54) is 54.5 Å². The smallest absolute Gasteiger partial charge is 0.0461 e. The van der Waals surface area contributed by atoms with Gasteiger partial charge in [0.1, 0.15) is 0 Å². The molecule has 0 saturated carbocycles. The molecule has 0 amide bonds. The number of unbranched alkanes of at least 4 members (excludes halogenated alkanes) is 2. The van der Waals surface area contributed by atoms with Crippen molar-refractivity contribution >= 4 is 35.7 Å². The number of hydrogen-bond acceptors (Lipinski definition) is 3. The maximum absolute atomic E-state index is 5.47. The van der Waals surface area contributed by atoms with Gasteiger partial charge >= 0.3 is 0 Å². The second kappa shape index (κ2) is 14.9. The Kier molecular flexibility index (Phi) is 13.3. The van der Waals surface area contributed by atoms with Crippen LogP contribution in [0.5, 0.6) is 0 Å². The Bertz CT molecular complexity index is 434. The van der Waals surface area contributed by atoms with Crippen LogP contribution in [0.15, 0.2) is 60.7 Å². The van der Waals surface area contributed by atoms with Crippen LogP contribution in [-0.2, 0) is 15.1 Å². The van der Waals surface area contributed by atoms with Crippen molar-refractivity contribution in [1.29, 1.82) is 0 Å². The Morgan fingerprint density at radius 3 is 1.61 bits per heavy atom. The minimum atomic E-state index is 0.827. The highest BCUT2D eigenvalue weighted by Crippen LogP contribution is 2.22. The zero-order valence-corrected chi connectivity index (χ0v) is 16.0. The molecule has 2 rings (SSSR count). The maximum atomic E-state index is 5.47. The monoisotopic (exact) mass is 368 g/mol. The lowest BCUT2D eigenvalue weighted by Crippen LogP contribution is -1.80. The minimum absolute atomic E-state index is 0.827. The fourth-order valence-corrected chi connectivity index (χ4v) is 3.21. The summed E-state index contributed by atoms with van der Waals surface area (Å²) in [5, 5.41) is 0. The van der Waals surface area contributed by atoms with Crippen LogP contribution in [-0.4, -0.2) is 5.88 Å². The van der Waals surface area contributed by atoms with Gasteiger partial charge in [0.2, 0.25) is 0 Å². The third-order valence-corrected chi connectivity index (χ3v) is 4.91. The second-order valence-electron chi connectivity index (χ2n) is 4.96. The van der Waals surface area contributed by atoms with E-state index in [1.54, 1.807) is 0 Å². The first kappa shape index (κ1) is 20.4. The van der Waals surface area contributed by atoms with Crippen molar-refractivity contribution in [3.05, 3.63) is 71.8 Å². The van der Waals surface area contributed by atoms with E-state index in [9.17, 15) is 0 Å². The molecule has 0 saturated heterocycles. The molecule has 4 heteroatoms. The highest BCUT2D eigenvalue weighted by Gasteiger charge is 1.95. The van der Waals surface area contributed by atoms with Gasteiger partial charge in [-0.3, -0.25) is 0 Å². The number of hydrogen-bond donors (Lipinski definition) is 0. The average Bonchev–Trinajstić information content (AvgIpc) is 2.62. The molecule has 0 unspecified atom stereocenters. The molecule has 0 aliphatic heterocycles. The van der Waals surface area contributed by atoms with Gasteiger partial charge < -0.3 is 0 Å². The van der Waals surface area contributed by atoms with Crippen molar-refractivity contribution in [3.63, 3.8) is 0 Å². The first-order chi connectivity index (χ1) is 11.4. The van der Waals surface area contributed by atoms with Crippen molar-refractivity contribution in [3.8, 4) is 0 Å². The molecule has 0 radical (unpaired) electrons. The van der Waals surface area contributed by atoms with E-state index in [0.717, 1.165) is 17.4 Å². The summed E-state index contributed by atoms with van der Waals surface area (Å²) in [6, 6.07) is 20.7. The summed E-state index contributed by atoms with van der Waals surface area (Å²) in [5.74, 6) is 2.61. The fraction of sp³-hybridized carbons (Fsp3) is 0.368. The van der Waals surface area contributed by atoms with Gasteiger partial charge in [0.15, 0.2) is 0 Å². The highest BCUT2D eigenvalue weighted by molar-refractivity contribution is 8.07. The summed E-state index contributed by atoms with van der Waals surface area (Å²) in [6.07, 6.45) is 3.73. The Morgan fingerprint density at radius 2 is 1.26 bits per heavy atom. The summed E-state index contributed by atoms with van der Waals surface area (Å²) < 4.78 is 5.47. The van der Waals surface area contributed by atoms with Gasteiger partial charge in [-0.15, -0.1) is 11.6 Å². The predicted octanol–water partition coefficient (Wildman–Crippen LogP) is 7.12. The highest BCUT2D eigenvalue weighted by atomic mass is 35.5. The summed E-state index contributed by atoms with van der Waals surface area (Å²) in [4.78, 5) is 0. The largest absolute Gasteiger partial charge is 0.247 e. The zero-order valence-electron chi connectivity index (χ0n) is 13.6. The normalized spacial score (nSPS) is 10.0. The predicted molar refractivity (Wildman–Crippen MR) is 107 cm³/mol. The van der Waals surface area contributed by atoms with Crippen molar-refractivity contribution in [2.24, 2.45) is 0 Å². The molecule has 0 spiro atoms. The lowest BCUT2D eigenvalue weighted by molar-refractivity contribution is 0.755. The average molecular weight is 369 g/mol. The first-order valence-corrected chi connectivity index (χ1v) is 10.3. The summed E-state index contributed by atoms with van der Waals surface area (Å²) >= 11 is 8.36. The lowest BCUT2D eigenvalue weighted by Gasteiger charge is -2.02. The fourth-order valence-electron chi connectivity index (χ4n) is 1.71. The Hall–Kier alpha value is -0.610. The Balaban J connectivity index is 0.000000379. The van der Waals surface area contributed by atoms with Crippen LogP contribution in [0, 0.1) is 0 Å². The van der Waals surface area contributed by atoms with Crippen molar-refractivity contribution in [1.82, 2.24) is 0 Å². The SMILES string of the molecule is CCCCCCl.c1ccc(CSOSCc2ccccc2)cc1. The van der Waals surface area contributed by atoms with Crippen LogP contribution < -0.4 is 0 Å². The van der Waals surface area contributed by atoms with Gasteiger partial charge in [-0.25, -0.2) is 3.63 Å². The number of alkyl halides is 1. The van der Waals surface area contributed by atoms with Gasteiger partial charge in [0.05, 0.1) is 0 Å². The molecule has 0 bridgehead atoms. The quantitative estimate of drug-likeness (QED) is 0.265. The summed E-state index contributed by atoms with van der Waals surface area (Å²) in [7, 11) is 0. The number of benzene rings is 2. The third kappa shape index (κ3) is 11.5. The molecule has 2 aromatic carbocycles. The number of rotatable bonds is 9. The molecule has 1 nitrogen and oxygen atoms in total. The van der Waals surface area contributed by atoms with E-state index >= 15 is 0 Å². The van der Waals surface area contributed by atoms with Gasteiger partial charge in [-0.05, 0) is 17.5 Å². The van der Waals surface area contributed by atoms with Gasteiger partial charge in [0.25, 0.3) is 0 Å². The van der Waals surface area contributed by atoms with E-state index in [1.807, 2.05) is 36.4 Å². The van der Waals surface area contributed by atoms with Crippen LogP contribution in [0.4, 0.5) is 0 Å². The lowest BCUT2D eigenvalue weighted by atomic mass is 10.2. The molecule has 0 aromatic heterocycles. The first-order valence-electron chi connectivity index (χ1n) is 7.91. The molecular formula is C19H25ClOS2. The van der Waals surface area contributed by atoms with Crippen LogP contribution in [0.25, 0.3) is 0 Å². The molecule has 126 valence electrons. The van der Waals surface area contributed by atoms with Gasteiger partial charge in [-0.1, -0.05) is 80.4 Å². The van der Waals surface area contributed by atoms with Crippen molar-refractivity contribution in [2.45, 2.75) is 37.7 Å². The van der Waals surface area contributed by atoms with Crippen LogP contribution in [0.2, 0.25) is 0 Å². The molecule has 0 aliphatic rings. The molecule has 0 atom stereocenters. The van der Waals surface area contributed by atoms with E-state index < -0.39 is 0 Å². The Morgan fingerprint density at radius 1 is 0.783 bits per heavy atom. The Labute approximate surface area is 154 Å². The molecule has 2 aromatic rings. The number of halogens is 1. The van der Waals surface area contributed by atoms with Crippen LogP contribution >= 0.6 is 35.7 Å². The van der Waals surface area contributed by atoms with E-state index in [4.69, 9.17) is 15.2 Å². The molecular weight excluding hydrogens is 344 g/mol. The van der Waals surface area contributed by atoms with Gasteiger partial charge in [0, 0.05) is 41.5 Å². The standard InChI is InChI=1S/C14H14OS2.C5H11Cl/c1-3-7-13(8-4-1)11-16-15-17-12-14-9-5-2-6-10-14;1-2-3-4-5-6/h1-10H,11-12H2;2-5H2,1H3. The molecule has 0 fully saturated rings. The van der Waals surface area contributed by atoms with Crippen molar-refractivity contribution in [2.75, 3.05) is 5.88 Å². The minimum Gasteiger partial charge on any atom is -0.247 e. The molecule has 23 heavy (non-hydrogen) atoms. The summed E-state index contributed by atoms with van der Waals surface area (Å²) in [5.41, 5.74) is 2.58. The van der Waals surface area contributed by atoms with E-state index in [2.05, 4.69) is 31.2 Å². The van der Waals surface area contributed by atoms with Gasteiger partial charge in [-0.2, -0.15) is 0 Å². The second-order valence-corrected chi connectivity index (χ2v) is 6.93. The van der Waals surface area contributed by atoms with Crippen molar-refractivity contribution < 1.29 is 3.63 Å². The third-order valence-electron chi connectivity index (χ3n) is 2.97. The van der Waals surface area contributed by atoms with E-state index in [-0.39, 0.29) is 0 Å². The molecule has 0 heterocycles. The van der Waals surface area contributed by atoms with Crippen LogP contribution in [0.1, 0.15) is 37.3 Å². The molecule has 0 N–H and O–H groups in total.